The second-order valence-electron chi connectivity index (χ2n) is 4.17. The number of aliphatic carboxylic acids is 1. The van der Waals surface area contributed by atoms with Gasteiger partial charge in [-0.15, -0.1) is 0 Å². The minimum atomic E-state index is -4.19. The Balaban J connectivity index is 3.16. The molecule has 21 heavy (non-hydrogen) atoms. The van der Waals surface area contributed by atoms with Crippen LogP contribution in [0.5, 0.6) is 0 Å². The van der Waals surface area contributed by atoms with Gasteiger partial charge in [-0.2, -0.15) is 4.72 Å². The molecule has 1 atom stereocenters. The number of nitrogens with zero attached hydrogens (tertiary/aromatic N) is 1. The minimum Gasteiger partial charge on any atom is -0.480 e. The Morgan fingerprint density at radius 1 is 1.52 bits per heavy atom. The molecule has 0 heterocycles. The third kappa shape index (κ3) is 4.38. The van der Waals surface area contributed by atoms with Crippen molar-refractivity contribution < 1.29 is 23.2 Å². The molecule has 0 aliphatic heterocycles. The van der Waals surface area contributed by atoms with Gasteiger partial charge in [-0.3, -0.25) is 14.9 Å². The molecule has 0 radical (unpaired) electrons. The average Bonchev–Trinajstić information content (AvgIpc) is 2.37. The highest BCUT2D eigenvalue weighted by molar-refractivity contribution is 7.89. The maximum Gasteiger partial charge on any atom is 0.321 e. The number of halogens is 1. The van der Waals surface area contributed by atoms with E-state index in [1.54, 1.807) is 6.92 Å². The molecular weight excluding hydrogens is 324 g/mol. The van der Waals surface area contributed by atoms with Crippen molar-refractivity contribution in [3.8, 4) is 0 Å². The van der Waals surface area contributed by atoms with Crippen LogP contribution < -0.4 is 4.72 Å². The van der Waals surface area contributed by atoms with Gasteiger partial charge in [0.25, 0.3) is 5.69 Å². The summed E-state index contributed by atoms with van der Waals surface area (Å²) in [5.41, 5.74) is -0.568. The first-order chi connectivity index (χ1) is 9.69. The number of nitro benzene ring substituents is 1. The molecule has 0 spiro atoms. The molecule has 0 bridgehead atoms. The Hall–Kier alpha value is -1.71. The highest BCUT2D eigenvalue weighted by Gasteiger charge is 2.26. The zero-order valence-electron chi connectivity index (χ0n) is 10.9. The van der Waals surface area contributed by atoms with Crippen LogP contribution in [0, 0.1) is 10.1 Å². The van der Waals surface area contributed by atoms with Gasteiger partial charge in [0.15, 0.2) is 0 Å². The van der Waals surface area contributed by atoms with E-state index >= 15 is 0 Å². The van der Waals surface area contributed by atoms with Crippen molar-refractivity contribution in [3.05, 3.63) is 33.3 Å². The molecule has 0 fully saturated rings. The Kier molecular flexibility index (Phi) is 5.64. The fourth-order valence-electron chi connectivity index (χ4n) is 1.58. The zero-order valence-corrected chi connectivity index (χ0v) is 12.5. The molecule has 1 aromatic carbocycles. The summed E-state index contributed by atoms with van der Waals surface area (Å²) in [5, 5.41) is 19.5. The maximum absolute atomic E-state index is 12.1. The number of nitro groups is 1. The van der Waals surface area contributed by atoms with Crippen LogP contribution in [0.25, 0.3) is 0 Å². The molecule has 0 aliphatic rings. The molecule has 1 unspecified atom stereocenters. The monoisotopic (exact) mass is 336 g/mol. The first kappa shape index (κ1) is 17.3. The van der Waals surface area contributed by atoms with E-state index in [1.807, 2.05) is 4.72 Å². The predicted molar refractivity (Wildman–Crippen MR) is 74.8 cm³/mol. The number of hydrogen-bond acceptors (Lipinski definition) is 5. The zero-order chi connectivity index (χ0) is 16.2. The second kappa shape index (κ2) is 6.83. The van der Waals surface area contributed by atoms with Gasteiger partial charge in [0, 0.05) is 6.07 Å². The molecule has 0 amide bonds. The molecule has 1 rings (SSSR count). The highest BCUT2D eigenvalue weighted by Crippen LogP contribution is 2.27. The van der Waals surface area contributed by atoms with Crippen LogP contribution in [-0.2, 0) is 14.8 Å². The van der Waals surface area contributed by atoms with Crippen molar-refractivity contribution in [2.24, 2.45) is 0 Å². The topological polar surface area (TPSA) is 127 Å². The fourth-order valence-corrected chi connectivity index (χ4v) is 3.01. The second-order valence-corrected chi connectivity index (χ2v) is 6.29. The van der Waals surface area contributed by atoms with Crippen molar-refractivity contribution in [3.63, 3.8) is 0 Å². The molecule has 0 saturated carbocycles. The summed E-state index contributed by atoms with van der Waals surface area (Å²) in [7, 11) is -4.19. The van der Waals surface area contributed by atoms with Crippen molar-refractivity contribution >= 4 is 33.3 Å². The lowest BCUT2D eigenvalue weighted by Gasteiger charge is -2.13. The van der Waals surface area contributed by atoms with E-state index in [9.17, 15) is 23.3 Å². The van der Waals surface area contributed by atoms with E-state index < -0.39 is 37.5 Å². The van der Waals surface area contributed by atoms with Gasteiger partial charge < -0.3 is 5.11 Å². The summed E-state index contributed by atoms with van der Waals surface area (Å²) in [5.74, 6) is -1.32. The lowest BCUT2D eigenvalue weighted by molar-refractivity contribution is -0.384. The van der Waals surface area contributed by atoms with Crippen LogP contribution in [0.3, 0.4) is 0 Å². The van der Waals surface area contributed by atoms with Crippen molar-refractivity contribution in [2.75, 3.05) is 0 Å². The van der Waals surface area contributed by atoms with Gasteiger partial charge in [-0.25, -0.2) is 8.42 Å². The smallest absolute Gasteiger partial charge is 0.321 e. The molecule has 0 aromatic heterocycles. The molecular formula is C11H13ClN2O6S. The number of carboxylic acids is 1. The van der Waals surface area contributed by atoms with E-state index in [0.29, 0.717) is 6.42 Å². The molecule has 1 aromatic rings. The van der Waals surface area contributed by atoms with Gasteiger partial charge >= 0.3 is 5.97 Å². The Bertz CT molecular complexity index is 661. The summed E-state index contributed by atoms with van der Waals surface area (Å²) in [6.07, 6.45) is 0.560. The molecule has 0 aliphatic carbocycles. The predicted octanol–water partition coefficient (Wildman–Crippen LogP) is 1.78. The Morgan fingerprint density at radius 3 is 2.62 bits per heavy atom. The average molecular weight is 337 g/mol. The Labute approximate surface area is 125 Å². The first-order valence-corrected chi connectivity index (χ1v) is 7.74. The number of rotatable bonds is 7. The van der Waals surface area contributed by atoms with E-state index in [0.717, 1.165) is 18.2 Å². The third-order valence-electron chi connectivity index (χ3n) is 2.60. The van der Waals surface area contributed by atoms with Crippen LogP contribution in [0.15, 0.2) is 23.1 Å². The lowest BCUT2D eigenvalue weighted by Crippen LogP contribution is -2.40. The van der Waals surface area contributed by atoms with Gasteiger partial charge in [0.1, 0.15) is 11.1 Å². The number of benzene rings is 1. The Morgan fingerprint density at radius 2 is 2.14 bits per heavy atom. The maximum atomic E-state index is 12.1. The van der Waals surface area contributed by atoms with Crippen LogP contribution in [0.2, 0.25) is 5.02 Å². The highest BCUT2D eigenvalue weighted by atomic mass is 35.5. The van der Waals surface area contributed by atoms with Crippen molar-refractivity contribution in [1.29, 1.82) is 0 Å². The van der Waals surface area contributed by atoms with Crippen LogP contribution >= 0.6 is 11.6 Å². The quantitative estimate of drug-likeness (QED) is 0.577. The third-order valence-corrected chi connectivity index (χ3v) is 4.39. The molecule has 2 N–H and O–H groups in total. The van der Waals surface area contributed by atoms with E-state index in [4.69, 9.17) is 16.7 Å². The number of nitrogens with one attached hydrogen (secondary N) is 1. The van der Waals surface area contributed by atoms with E-state index in [2.05, 4.69) is 0 Å². The van der Waals surface area contributed by atoms with Gasteiger partial charge in [0.2, 0.25) is 10.0 Å². The summed E-state index contributed by atoms with van der Waals surface area (Å²) >= 11 is 5.60. The van der Waals surface area contributed by atoms with Crippen molar-refractivity contribution in [1.82, 2.24) is 4.72 Å². The number of carboxylic acid groups (broad SMARTS) is 1. The van der Waals surface area contributed by atoms with Crippen LogP contribution in [0.1, 0.15) is 19.8 Å². The van der Waals surface area contributed by atoms with Gasteiger partial charge in [-0.1, -0.05) is 24.9 Å². The van der Waals surface area contributed by atoms with E-state index in [-0.39, 0.29) is 11.4 Å². The number of hydrogen-bond donors (Lipinski definition) is 2. The number of sulfonamides is 1. The van der Waals surface area contributed by atoms with Crippen LogP contribution in [-0.4, -0.2) is 30.5 Å². The van der Waals surface area contributed by atoms with Crippen LogP contribution in [0.4, 0.5) is 5.69 Å². The van der Waals surface area contributed by atoms with E-state index in [1.165, 1.54) is 0 Å². The lowest BCUT2D eigenvalue weighted by atomic mass is 10.2. The summed E-state index contributed by atoms with van der Waals surface area (Å²) < 4.78 is 26.1. The first-order valence-electron chi connectivity index (χ1n) is 5.88. The normalized spacial score (nSPS) is 12.9. The van der Waals surface area contributed by atoms with Crippen molar-refractivity contribution in [2.45, 2.75) is 30.7 Å². The van der Waals surface area contributed by atoms with Gasteiger partial charge in [-0.05, 0) is 18.6 Å². The molecule has 0 saturated heterocycles. The largest absolute Gasteiger partial charge is 0.480 e. The fraction of sp³-hybridized carbons (Fsp3) is 0.364. The summed E-state index contributed by atoms with van der Waals surface area (Å²) in [4.78, 5) is 20.5. The summed E-state index contributed by atoms with van der Waals surface area (Å²) in [6.45, 7) is 1.71. The molecule has 8 nitrogen and oxygen atoms in total. The molecule has 116 valence electrons. The summed E-state index contributed by atoms with van der Waals surface area (Å²) in [6, 6.07) is 1.64. The van der Waals surface area contributed by atoms with Gasteiger partial charge in [0.05, 0.1) is 9.82 Å². The standard InChI is InChI=1S/C11H13ClN2O6S/c1-2-3-9(11(15)16)13-21(19,20)7-4-5-8(12)10(6-7)14(17)18/h4-6,9,13H,2-3H2,1H3,(H,15,16). The molecule has 10 heteroatoms. The number of carbonyl (C=O) groups is 1. The SMILES string of the molecule is CCCC(NS(=O)(=O)c1ccc(Cl)c([N+](=O)[O-])c1)C(=O)O. The minimum absolute atomic E-state index is 0.101.